The van der Waals surface area contributed by atoms with Gasteiger partial charge in [-0.2, -0.15) is 0 Å². The molecule has 0 N–H and O–H groups in total. The van der Waals surface area contributed by atoms with Gasteiger partial charge in [0.2, 0.25) is 0 Å². The summed E-state index contributed by atoms with van der Waals surface area (Å²) in [5.41, 5.74) is 1.21. The number of fused-ring (bicyclic) bond motifs is 2. The molecule has 1 aliphatic heterocycles. The largest absolute Gasteiger partial charge is 0.469 e. The Labute approximate surface area is 280 Å². The number of aromatic nitrogens is 1. The number of methoxy groups -OCH3 is 6. The number of carbonyl (C=O) groups excluding carboxylic acids is 6. The monoisotopic (exact) mass is 680 g/mol. The van der Waals surface area contributed by atoms with Crippen LogP contribution in [0.3, 0.4) is 0 Å². The molecule has 0 aromatic carbocycles. The highest BCUT2D eigenvalue weighted by atomic mass is 16.5. The van der Waals surface area contributed by atoms with E-state index in [-0.39, 0.29) is 77.8 Å². The predicted molar refractivity (Wildman–Crippen MR) is 168 cm³/mol. The predicted octanol–water partition coefficient (Wildman–Crippen LogP) is 0.486. The van der Waals surface area contributed by atoms with E-state index in [4.69, 9.17) is 33.4 Å². The molecule has 1 aliphatic rings. The molecule has 2 bridgehead atoms. The van der Waals surface area contributed by atoms with Gasteiger partial charge in [-0.3, -0.25) is 48.5 Å². The zero-order valence-electron chi connectivity index (χ0n) is 28.6. The first kappa shape index (κ1) is 40.0. The Bertz CT molecular complexity index is 1180. The summed E-state index contributed by atoms with van der Waals surface area (Å²) in [6.07, 6.45) is 0.147. The fourth-order valence-electron chi connectivity index (χ4n) is 5.58. The van der Waals surface area contributed by atoms with Crippen LogP contribution in [0.4, 0.5) is 0 Å². The van der Waals surface area contributed by atoms with Crippen molar-refractivity contribution in [3.05, 3.63) is 29.6 Å². The van der Waals surface area contributed by atoms with Crippen molar-refractivity contribution in [3.8, 4) is 0 Å². The number of hydrogen-bond acceptors (Lipinski definition) is 16. The van der Waals surface area contributed by atoms with E-state index in [1.54, 1.807) is 12.1 Å². The normalized spacial score (nSPS) is 16.5. The molecule has 0 saturated heterocycles. The van der Waals surface area contributed by atoms with Gasteiger partial charge in [0.05, 0.1) is 54.0 Å². The molecule has 1 aromatic rings. The Balaban J connectivity index is 2.63. The fourth-order valence-corrected chi connectivity index (χ4v) is 5.58. The summed E-state index contributed by atoms with van der Waals surface area (Å²) >= 11 is 0. The second-order valence-corrected chi connectivity index (χ2v) is 11.1. The van der Waals surface area contributed by atoms with Gasteiger partial charge in [-0.25, -0.2) is 0 Å². The van der Waals surface area contributed by atoms with Crippen LogP contribution in [-0.2, 0) is 70.3 Å². The Kier molecular flexibility index (Phi) is 17.5. The van der Waals surface area contributed by atoms with E-state index >= 15 is 0 Å². The first-order chi connectivity index (χ1) is 23.0. The molecule has 0 fully saturated rings. The Morgan fingerprint density at radius 2 is 0.854 bits per heavy atom. The first-order valence-corrected chi connectivity index (χ1v) is 15.6. The summed E-state index contributed by atoms with van der Waals surface area (Å²) in [6.45, 7) is 1.17. The second kappa shape index (κ2) is 21.0. The maximum Gasteiger partial charge on any atom is 0.323 e. The average molecular weight is 681 g/mol. The molecule has 0 radical (unpaired) electrons. The maximum absolute atomic E-state index is 13.2. The summed E-state index contributed by atoms with van der Waals surface area (Å²) in [7, 11) is 7.57. The molecule has 48 heavy (non-hydrogen) atoms. The third-order valence-corrected chi connectivity index (χ3v) is 8.23. The SMILES string of the molecule is COC(=O)CCC(C(=O)OC)N1CCN(C(CCC(=O)OC)C(=O)OC)Cc2cccc(n2)CN(C(CCC(=O)OC)C(=O)OC)CC1. The molecule has 16 heteroatoms. The van der Waals surface area contributed by atoms with Gasteiger partial charge < -0.3 is 28.4 Å². The van der Waals surface area contributed by atoms with E-state index in [2.05, 4.69) is 0 Å². The topological polar surface area (TPSA) is 180 Å². The van der Waals surface area contributed by atoms with Gasteiger partial charge >= 0.3 is 35.8 Å². The van der Waals surface area contributed by atoms with Crippen molar-refractivity contribution in [1.82, 2.24) is 19.7 Å². The minimum absolute atomic E-state index is 0.0384. The summed E-state index contributed by atoms with van der Waals surface area (Å²) < 4.78 is 29.8. The van der Waals surface area contributed by atoms with Gasteiger partial charge in [-0.05, 0) is 31.4 Å². The van der Waals surface area contributed by atoms with Gasteiger partial charge in [0.25, 0.3) is 0 Å². The molecule has 16 nitrogen and oxygen atoms in total. The summed E-state index contributed by atoms with van der Waals surface area (Å²) in [5.74, 6) is -3.17. The van der Waals surface area contributed by atoms with Crippen molar-refractivity contribution in [2.75, 3.05) is 68.8 Å². The highest BCUT2D eigenvalue weighted by molar-refractivity contribution is 5.78. The van der Waals surface area contributed by atoms with Crippen molar-refractivity contribution in [3.63, 3.8) is 0 Å². The zero-order chi connectivity index (χ0) is 35.6. The number of esters is 6. The van der Waals surface area contributed by atoms with Crippen molar-refractivity contribution in [1.29, 1.82) is 0 Å². The number of ether oxygens (including phenoxy) is 6. The number of carbonyl (C=O) groups is 6. The molecule has 0 saturated carbocycles. The quantitative estimate of drug-likeness (QED) is 0.184. The molecule has 1 aromatic heterocycles. The van der Waals surface area contributed by atoms with E-state index in [1.807, 2.05) is 20.8 Å². The van der Waals surface area contributed by atoms with Crippen molar-refractivity contribution in [2.45, 2.75) is 69.7 Å². The van der Waals surface area contributed by atoms with Gasteiger partial charge in [-0.1, -0.05) is 6.07 Å². The van der Waals surface area contributed by atoms with Crippen LogP contribution in [0.25, 0.3) is 0 Å². The summed E-state index contributed by atoms with van der Waals surface area (Å²) in [5, 5.41) is 0. The Morgan fingerprint density at radius 3 is 1.17 bits per heavy atom. The molecular formula is C32H48N4O12. The van der Waals surface area contributed by atoms with Crippen molar-refractivity contribution >= 4 is 35.8 Å². The molecule has 268 valence electrons. The minimum atomic E-state index is -0.894. The third kappa shape index (κ3) is 12.5. The van der Waals surface area contributed by atoms with E-state index in [9.17, 15) is 28.8 Å². The van der Waals surface area contributed by atoms with Crippen LogP contribution in [0.2, 0.25) is 0 Å². The summed E-state index contributed by atoms with van der Waals surface area (Å²) in [4.78, 5) is 85.8. The molecule has 2 rings (SSSR count). The molecule has 0 aliphatic carbocycles. The second-order valence-electron chi connectivity index (χ2n) is 11.1. The van der Waals surface area contributed by atoms with Gasteiger partial charge in [0.15, 0.2) is 0 Å². The van der Waals surface area contributed by atoms with Crippen LogP contribution in [0, 0.1) is 0 Å². The lowest BCUT2D eigenvalue weighted by atomic mass is 10.1. The molecule has 0 amide bonds. The lowest BCUT2D eigenvalue weighted by molar-refractivity contribution is -0.152. The third-order valence-electron chi connectivity index (χ3n) is 8.23. The number of pyridine rings is 1. The van der Waals surface area contributed by atoms with E-state index in [0.717, 1.165) is 0 Å². The Morgan fingerprint density at radius 1 is 0.542 bits per heavy atom. The van der Waals surface area contributed by atoms with E-state index in [1.165, 1.54) is 42.7 Å². The van der Waals surface area contributed by atoms with E-state index in [0.29, 0.717) is 11.4 Å². The van der Waals surface area contributed by atoms with Crippen LogP contribution in [-0.4, -0.2) is 142 Å². The smallest absolute Gasteiger partial charge is 0.323 e. The molecule has 3 atom stereocenters. The van der Waals surface area contributed by atoms with Crippen LogP contribution >= 0.6 is 0 Å². The Hall–Kier alpha value is -4.15. The van der Waals surface area contributed by atoms with Gasteiger partial charge in [0.1, 0.15) is 18.1 Å². The van der Waals surface area contributed by atoms with Gasteiger partial charge in [0, 0.05) is 58.5 Å². The maximum atomic E-state index is 13.2. The fraction of sp³-hybridized carbons (Fsp3) is 0.656. The van der Waals surface area contributed by atoms with E-state index < -0.39 is 53.9 Å². The van der Waals surface area contributed by atoms with Crippen LogP contribution in [0.5, 0.6) is 0 Å². The highest BCUT2D eigenvalue weighted by Gasteiger charge is 2.34. The lowest BCUT2D eigenvalue weighted by Gasteiger charge is -2.37. The highest BCUT2D eigenvalue weighted by Crippen LogP contribution is 2.20. The van der Waals surface area contributed by atoms with Gasteiger partial charge in [-0.15, -0.1) is 0 Å². The minimum Gasteiger partial charge on any atom is -0.469 e. The molecular weight excluding hydrogens is 632 g/mol. The average Bonchev–Trinajstić information content (AvgIpc) is 3.10. The zero-order valence-corrected chi connectivity index (χ0v) is 28.6. The number of rotatable bonds is 15. The van der Waals surface area contributed by atoms with Crippen LogP contribution in [0.15, 0.2) is 18.2 Å². The van der Waals surface area contributed by atoms with Crippen molar-refractivity contribution < 1.29 is 57.2 Å². The first-order valence-electron chi connectivity index (χ1n) is 15.6. The van der Waals surface area contributed by atoms with Crippen molar-refractivity contribution in [2.24, 2.45) is 0 Å². The number of nitrogens with zero attached hydrogens (tertiary/aromatic N) is 4. The number of hydrogen-bond donors (Lipinski definition) is 0. The van der Waals surface area contributed by atoms with Crippen LogP contribution in [0.1, 0.15) is 49.9 Å². The van der Waals surface area contributed by atoms with Crippen LogP contribution < -0.4 is 0 Å². The standard InChI is InChI=1S/C32H48N4O12/c1-43-27(37)13-10-24(30(40)46-4)34-16-18-35(25(31(41)47-5)11-14-28(38)44-2)20-22-8-7-9-23(33-22)21-36(19-17-34)26(32(42)48-6)12-15-29(39)45-3/h7-9,24-26H,10-21H2,1-6H3. The molecule has 3 unspecified atom stereocenters. The summed E-state index contributed by atoms with van der Waals surface area (Å²) in [6, 6.07) is 2.80. The lowest BCUT2D eigenvalue weighted by Crippen LogP contribution is -2.52. The molecule has 2 heterocycles. The molecule has 0 spiro atoms.